The van der Waals surface area contributed by atoms with Gasteiger partial charge in [0.2, 0.25) is 0 Å². The van der Waals surface area contributed by atoms with E-state index >= 15 is 0 Å². The van der Waals surface area contributed by atoms with E-state index < -0.39 is 0 Å². The molecule has 0 amide bonds. The van der Waals surface area contributed by atoms with Crippen molar-refractivity contribution in [2.45, 2.75) is 20.8 Å². The van der Waals surface area contributed by atoms with E-state index in [-0.39, 0.29) is 0 Å². The van der Waals surface area contributed by atoms with Crippen molar-refractivity contribution in [3.63, 3.8) is 0 Å². The maximum Gasteiger partial charge on any atom is 0.0174 e. The normalized spacial score (nSPS) is 13.6. The highest BCUT2D eigenvalue weighted by atomic mass is 32.1. The van der Waals surface area contributed by atoms with Crippen LogP contribution in [-0.2, 0) is 0 Å². The third kappa shape index (κ3) is 6.79. The molecule has 0 N–H and O–H groups in total. The quantitative estimate of drug-likeness (QED) is 0.509. The number of rotatable bonds is 3. The van der Waals surface area contributed by atoms with Crippen molar-refractivity contribution in [3.05, 3.63) is 45.8 Å². The molecule has 0 aromatic rings. The second kappa shape index (κ2) is 7.10. The van der Waals surface area contributed by atoms with E-state index in [9.17, 15) is 0 Å². The van der Waals surface area contributed by atoms with E-state index in [1.54, 1.807) is 0 Å². The average molecular weight is 212 g/mol. The zero-order valence-electron chi connectivity index (χ0n) is 8.28. The predicted molar refractivity (Wildman–Crippen MR) is 68.4 cm³/mol. The Morgan fingerprint density at radius 2 is 1.46 bits per heavy atom. The maximum absolute atomic E-state index is 4.31. The van der Waals surface area contributed by atoms with Crippen LogP contribution < -0.4 is 0 Å². The fourth-order valence-electron chi connectivity index (χ4n) is 0.604. The summed E-state index contributed by atoms with van der Waals surface area (Å²) in [6, 6.07) is 0. The number of allylic oxidation sites excluding steroid dienone is 6. The fourth-order valence-corrected chi connectivity index (χ4v) is 0.913. The van der Waals surface area contributed by atoms with Crippen molar-refractivity contribution < 1.29 is 0 Å². The highest BCUT2D eigenvalue weighted by molar-refractivity contribution is 7.90. The van der Waals surface area contributed by atoms with Crippen LogP contribution in [0.4, 0.5) is 0 Å². The van der Waals surface area contributed by atoms with E-state index in [0.29, 0.717) is 0 Å². The molecule has 0 atom stereocenters. The molecule has 0 aliphatic carbocycles. The molecule has 0 aliphatic rings. The third-order valence-electron chi connectivity index (χ3n) is 1.28. The van der Waals surface area contributed by atoms with Crippen LogP contribution in [0.5, 0.6) is 0 Å². The molecule has 2 heteroatoms. The first-order valence-corrected chi connectivity index (χ1v) is 5.04. The highest BCUT2D eigenvalue weighted by Gasteiger charge is 1.90. The molecule has 0 spiro atoms. The zero-order valence-corrected chi connectivity index (χ0v) is 10.1. The molecule has 0 nitrogen and oxygen atoms in total. The molecule has 0 saturated carbocycles. The lowest BCUT2D eigenvalue weighted by atomic mass is 10.3. The van der Waals surface area contributed by atoms with Gasteiger partial charge in [-0.15, -0.1) is 25.3 Å². The van der Waals surface area contributed by atoms with Crippen LogP contribution in [0, 0.1) is 0 Å². The zero-order chi connectivity index (χ0) is 10.3. The van der Waals surface area contributed by atoms with Gasteiger partial charge < -0.3 is 0 Å². The van der Waals surface area contributed by atoms with E-state index in [4.69, 9.17) is 0 Å². The molecule has 0 rings (SSSR count). The van der Waals surface area contributed by atoms with Gasteiger partial charge >= 0.3 is 0 Å². The first-order valence-electron chi connectivity index (χ1n) is 4.14. The monoisotopic (exact) mass is 212 g/mol. The number of thiol groups is 2. The van der Waals surface area contributed by atoms with Gasteiger partial charge in [-0.05, 0) is 32.9 Å². The van der Waals surface area contributed by atoms with Crippen LogP contribution in [0.2, 0.25) is 0 Å². The second-order valence-corrected chi connectivity index (χ2v) is 3.84. The van der Waals surface area contributed by atoms with Gasteiger partial charge in [0.15, 0.2) is 0 Å². The van der Waals surface area contributed by atoms with Gasteiger partial charge in [-0.2, -0.15) is 0 Å². The molecule has 0 aromatic heterocycles. The van der Waals surface area contributed by atoms with Gasteiger partial charge in [0.1, 0.15) is 0 Å². The average Bonchev–Trinajstić information content (AvgIpc) is 2.10. The Morgan fingerprint density at radius 3 is 1.92 bits per heavy atom. The van der Waals surface area contributed by atoms with Gasteiger partial charge in [0, 0.05) is 9.81 Å². The predicted octanol–water partition coefficient (Wildman–Crippen LogP) is 4.16. The summed E-state index contributed by atoms with van der Waals surface area (Å²) in [6.45, 7) is 6.06. The third-order valence-corrected chi connectivity index (χ3v) is 2.24. The SMILES string of the molecule is C\C=C/C=C(S)/C(S)=C/C=C(C)C. The molecule has 0 bridgehead atoms. The van der Waals surface area contributed by atoms with Crippen LogP contribution in [0.25, 0.3) is 0 Å². The summed E-state index contributed by atoms with van der Waals surface area (Å²) < 4.78 is 0. The molecule has 72 valence electrons. The van der Waals surface area contributed by atoms with Crippen molar-refractivity contribution in [1.29, 1.82) is 0 Å². The second-order valence-electron chi connectivity index (χ2n) is 2.87. The number of hydrogen-bond donors (Lipinski definition) is 2. The molecule has 0 aliphatic heterocycles. The standard InChI is InChI=1S/C11H16S2/c1-4-5-6-10(12)11(13)8-7-9(2)3/h4-8,12-13H,1-3H3/b5-4-,10-6-,11-8-. The molecule has 0 heterocycles. The Balaban J connectivity index is 4.50. The van der Waals surface area contributed by atoms with Crippen LogP contribution in [-0.4, -0.2) is 0 Å². The van der Waals surface area contributed by atoms with Crippen LogP contribution in [0.3, 0.4) is 0 Å². The minimum absolute atomic E-state index is 0.874. The van der Waals surface area contributed by atoms with Gasteiger partial charge in [-0.3, -0.25) is 0 Å². The Hall–Kier alpha value is -0.340. The van der Waals surface area contributed by atoms with Gasteiger partial charge in [-0.25, -0.2) is 0 Å². The summed E-state index contributed by atoms with van der Waals surface area (Å²) in [4.78, 5) is 1.75. The van der Waals surface area contributed by atoms with Crippen LogP contribution >= 0.6 is 25.3 Å². The molecule has 0 radical (unpaired) electrons. The Morgan fingerprint density at radius 1 is 0.923 bits per heavy atom. The summed E-state index contributed by atoms with van der Waals surface area (Å²) in [7, 11) is 0. The minimum atomic E-state index is 0.874. The molecule has 0 unspecified atom stereocenters. The Kier molecular flexibility index (Phi) is 6.92. The van der Waals surface area contributed by atoms with Crippen molar-refractivity contribution in [3.8, 4) is 0 Å². The van der Waals surface area contributed by atoms with Gasteiger partial charge in [0.05, 0.1) is 0 Å². The van der Waals surface area contributed by atoms with Crippen LogP contribution in [0.1, 0.15) is 20.8 Å². The number of hydrogen-bond acceptors (Lipinski definition) is 2. The largest absolute Gasteiger partial charge is 0.142 e. The Bertz CT molecular complexity index is 264. The summed E-state index contributed by atoms with van der Waals surface area (Å²) >= 11 is 8.61. The topological polar surface area (TPSA) is 0 Å². The Labute approximate surface area is 91.9 Å². The first kappa shape index (κ1) is 12.7. The van der Waals surface area contributed by atoms with E-state index in [0.717, 1.165) is 9.81 Å². The minimum Gasteiger partial charge on any atom is -0.142 e. The summed E-state index contributed by atoms with van der Waals surface area (Å²) in [5.41, 5.74) is 1.25. The van der Waals surface area contributed by atoms with E-state index in [2.05, 4.69) is 25.3 Å². The molecule has 13 heavy (non-hydrogen) atoms. The van der Waals surface area contributed by atoms with E-state index in [1.807, 2.05) is 51.2 Å². The lowest BCUT2D eigenvalue weighted by molar-refractivity contribution is 1.39. The van der Waals surface area contributed by atoms with Crippen molar-refractivity contribution >= 4 is 25.3 Å². The molecule has 0 fully saturated rings. The first-order chi connectivity index (χ1) is 6.07. The summed E-state index contributed by atoms with van der Waals surface area (Å²) in [5, 5.41) is 0. The van der Waals surface area contributed by atoms with Gasteiger partial charge in [-0.1, -0.05) is 23.8 Å². The van der Waals surface area contributed by atoms with Crippen LogP contribution in [0.15, 0.2) is 45.8 Å². The van der Waals surface area contributed by atoms with Crippen molar-refractivity contribution in [1.82, 2.24) is 0 Å². The maximum atomic E-state index is 4.31. The lowest BCUT2D eigenvalue weighted by Gasteiger charge is -1.95. The molecular formula is C11H16S2. The summed E-state index contributed by atoms with van der Waals surface area (Å²) in [5.74, 6) is 0. The highest BCUT2D eigenvalue weighted by Crippen LogP contribution is 2.18. The molecular weight excluding hydrogens is 196 g/mol. The van der Waals surface area contributed by atoms with Crippen molar-refractivity contribution in [2.24, 2.45) is 0 Å². The van der Waals surface area contributed by atoms with Crippen molar-refractivity contribution in [2.75, 3.05) is 0 Å². The molecule has 0 saturated heterocycles. The molecule has 0 aromatic carbocycles. The smallest absolute Gasteiger partial charge is 0.0174 e. The summed E-state index contributed by atoms with van der Waals surface area (Å²) in [6.07, 6.45) is 9.77. The lowest BCUT2D eigenvalue weighted by Crippen LogP contribution is -1.71. The van der Waals surface area contributed by atoms with E-state index in [1.165, 1.54) is 5.57 Å². The fraction of sp³-hybridized carbons (Fsp3) is 0.273. The van der Waals surface area contributed by atoms with Gasteiger partial charge in [0.25, 0.3) is 0 Å².